The Balaban J connectivity index is 1.34. The zero-order valence-corrected chi connectivity index (χ0v) is 22.2. The van der Waals surface area contributed by atoms with E-state index in [1.54, 1.807) is 18.2 Å². The van der Waals surface area contributed by atoms with Crippen molar-refractivity contribution in [3.63, 3.8) is 0 Å². The largest absolute Gasteiger partial charge is 0.486 e. The molecule has 0 spiro atoms. The molecular formula is C29H30N4O6. The number of hydrogen-bond donors (Lipinski definition) is 2. The summed E-state index contributed by atoms with van der Waals surface area (Å²) in [6.07, 6.45) is 1.38. The number of ether oxygens (including phenoxy) is 2. The van der Waals surface area contributed by atoms with Gasteiger partial charge >= 0.3 is 11.9 Å². The summed E-state index contributed by atoms with van der Waals surface area (Å²) in [4.78, 5) is 25.3. The summed E-state index contributed by atoms with van der Waals surface area (Å²) in [5.41, 5.74) is 7.09. The van der Waals surface area contributed by atoms with Crippen LogP contribution < -0.4 is 19.8 Å². The average Bonchev–Trinajstić information content (AvgIpc) is 3.53. The van der Waals surface area contributed by atoms with E-state index in [-0.39, 0.29) is 12.4 Å². The molecule has 202 valence electrons. The molecule has 1 amide bonds. The number of aliphatic carboxylic acids is 1. The first kappa shape index (κ1) is 27.1. The van der Waals surface area contributed by atoms with E-state index in [2.05, 4.69) is 41.1 Å². The van der Waals surface area contributed by atoms with Gasteiger partial charge in [-0.2, -0.15) is 5.10 Å². The molecule has 0 radical (unpaired) electrons. The van der Waals surface area contributed by atoms with Crippen LogP contribution in [0.15, 0.2) is 76.2 Å². The highest BCUT2D eigenvalue weighted by Gasteiger charge is 2.12. The Hall–Kier alpha value is -4.99. The van der Waals surface area contributed by atoms with Crippen LogP contribution in [0.2, 0.25) is 0 Å². The van der Waals surface area contributed by atoms with Crippen LogP contribution in [0.4, 0.5) is 5.69 Å². The van der Waals surface area contributed by atoms with Crippen molar-refractivity contribution in [2.75, 3.05) is 25.6 Å². The summed E-state index contributed by atoms with van der Waals surface area (Å²) in [6.45, 7) is 3.77. The number of anilines is 1. The van der Waals surface area contributed by atoms with Crippen molar-refractivity contribution in [2.24, 2.45) is 5.10 Å². The van der Waals surface area contributed by atoms with Crippen LogP contribution in [0.25, 0.3) is 5.69 Å². The van der Waals surface area contributed by atoms with Gasteiger partial charge in [-0.15, -0.1) is 0 Å². The third-order valence-electron chi connectivity index (χ3n) is 5.87. The van der Waals surface area contributed by atoms with Gasteiger partial charge in [-0.3, -0.25) is 4.79 Å². The second-order valence-corrected chi connectivity index (χ2v) is 9.00. The van der Waals surface area contributed by atoms with Gasteiger partial charge in [0, 0.05) is 48.5 Å². The highest BCUT2D eigenvalue weighted by atomic mass is 16.5. The number of nitrogens with zero attached hydrogens (tertiary/aromatic N) is 3. The van der Waals surface area contributed by atoms with Crippen molar-refractivity contribution in [2.45, 2.75) is 20.5 Å². The summed E-state index contributed by atoms with van der Waals surface area (Å²) in [7, 11) is 3.71. The van der Waals surface area contributed by atoms with Crippen LogP contribution in [0, 0.1) is 13.8 Å². The van der Waals surface area contributed by atoms with Crippen molar-refractivity contribution in [1.82, 2.24) is 9.99 Å². The van der Waals surface area contributed by atoms with Gasteiger partial charge in [0.05, 0.1) is 6.21 Å². The molecule has 0 saturated carbocycles. The molecule has 4 aromatic rings. The topological polar surface area (TPSA) is 119 Å². The molecule has 2 aromatic carbocycles. The van der Waals surface area contributed by atoms with Gasteiger partial charge in [-0.1, -0.05) is 0 Å². The van der Waals surface area contributed by atoms with E-state index in [1.165, 1.54) is 12.3 Å². The number of aromatic nitrogens is 1. The lowest BCUT2D eigenvalue weighted by Gasteiger charge is -2.15. The summed E-state index contributed by atoms with van der Waals surface area (Å²) in [5, 5.41) is 12.9. The minimum absolute atomic E-state index is 0.0740. The Morgan fingerprint density at radius 3 is 2.38 bits per heavy atom. The SMILES string of the molecule is Cc1ccc(C)n1-c1ccc(OCc2ccc(C(=O)N/N=C/c3ccc(N(C)C)cc3OCC(=O)O)o2)cc1. The van der Waals surface area contributed by atoms with Crippen LogP contribution in [0.5, 0.6) is 11.5 Å². The normalized spacial score (nSPS) is 11.0. The molecule has 0 aliphatic carbocycles. The Kier molecular flexibility index (Phi) is 8.35. The standard InChI is InChI=1S/C29H30N4O6/c1-19-5-6-20(2)33(19)22-9-11-24(12-10-22)37-17-25-13-14-26(39-25)29(36)31-30-16-21-7-8-23(32(3)4)15-27(21)38-18-28(34)35/h5-16H,17-18H2,1-4H3,(H,31,36)(H,34,35)/b30-16+. The Labute approximate surface area is 226 Å². The molecular weight excluding hydrogens is 500 g/mol. The Bertz CT molecular complexity index is 1460. The van der Waals surface area contributed by atoms with Crippen LogP contribution in [-0.4, -0.2) is 48.5 Å². The first-order chi connectivity index (χ1) is 18.7. The van der Waals surface area contributed by atoms with Crippen molar-refractivity contribution in [1.29, 1.82) is 0 Å². The maximum atomic E-state index is 12.5. The first-order valence-corrected chi connectivity index (χ1v) is 12.2. The smallest absolute Gasteiger partial charge is 0.341 e. The van der Waals surface area contributed by atoms with Crippen LogP contribution >= 0.6 is 0 Å². The maximum Gasteiger partial charge on any atom is 0.341 e. The monoisotopic (exact) mass is 530 g/mol. The fourth-order valence-electron chi connectivity index (χ4n) is 3.89. The van der Waals surface area contributed by atoms with E-state index in [1.807, 2.05) is 49.3 Å². The number of carbonyl (C=O) groups excluding carboxylic acids is 1. The van der Waals surface area contributed by atoms with Gasteiger partial charge in [0.15, 0.2) is 12.4 Å². The second-order valence-electron chi connectivity index (χ2n) is 9.00. The van der Waals surface area contributed by atoms with Gasteiger partial charge < -0.3 is 28.5 Å². The molecule has 0 fully saturated rings. The molecule has 0 unspecified atom stereocenters. The predicted molar refractivity (Wildman–Crippen MR) is 147 cm³/mol. The molecule has 4 rings (SSSR count). The number of carboxylic acids is 1. The van der Waals surface area contributed by atoms with Crippen LogP contribution in [0.1, 0.15) is 33.3 Å². The van der Waals surface area contributed by atoms with Crippen molar-refractivity contribution in [3.05, 3.63) is 95.2 Å². The fourth-order valence-corrected chi connectivity index (χ4v) is 3.89. The number of nitrogens with one attached hydrogen (secondary N) is 1. The highest BCUT2D eigenvalue weighted by molar-refractivity contribution is 5.93. The molecule has 0 saturated heterocycles. The number of amides is 1. The highest BCUT2D eigenvalue weighted by Crippen LogP contribution is 2.24. The van der Waals surface area contributed by atoms with E-state index in [4.69, 9.17) is 19.0 Å². The summed E-state index contributed by atoms with van der Waals surface area (Å²) < 4.78 is 18.9. The van der Waals surface area contributed by atoms with Crippen molar-refractivity contribution in [3.8, 4) is 17.2 Å². The Morgan fingerprint density at radius 1 is 1.00 bits per heavy atom. The maximum absolute atomic E-state index is 12.5. The summed E-state index contributed by atoms with van der Waals surface area (Å²) >= 11 is 0. The predicted octanol–water partition coefficient (Wildman–Crippen LogP) is 4.56. The average molecular weight is 531 g/mol. The molecule has 39 heavy (non-hydrogen) atoms. The van der Waals surface area contributed by atoms with Gasteiger partial charge in [0.2, 0.25) is 0 Å². The lowest BCUT2D eigenvalue weighted by atomic mass is 10.2. The molecule has 2 heterocycles. The van der Waals surface area contributed by atoms with E-state index in [9.17, 15) is 9.59 Å². The zero-order valence-electron chi connectivity index (χ0n) is 22.2. The minimum atomic E-state index is -1.10. The molecule has 2 N–H and O–H groups in total. The number of aryl methyl sites for hydroxylation is 2. The van der Waals surface area contributed by atoms with E-state index < -0.39 is 18.5 Å². The summed E-state index contributed by atoms with van der Waals surface area (Å²) in [5.74, 6) is -0.0885. The molecule has 10 heteroatoms. The van der Waals surface area contributed by atoms with Crippen LogP contribution in [-0.2, 0) is 11.4 Å². The molecule has 0 aliphatic rings. The van der Waals surface area contributed by atoms with Gasteiger partial charge in [-0.25, -0.2) is 10.2 Å². The Morgan fingerprint density at radius 2 is 1.72 bits per heavy atom. The van der Waals surface area contributed by atoms with E-state index in [0.29, 0.717) is 22.8 Å². The number of carbonyl (C=O) groups is 2. The van der Waals surface area contributed by atoms with Gasteiger partial charge in [0.1, 0.15) is 23.9 Å². The van der Waals surface area contributed by atoms with Gasteiger partial charge in [-0.05, 0) is 74.5 Å². The first-order valence-electron chi connectivity index (χ1n) is 12.2. The number of carboxylic acid groups (broad SMARTS) is 1. The number of hydrazone groups is 1. The van der Waals surface area contributed by atoms with Crippen molar-refractivity contribution < 1.29 is 28.6 Å². The zero-order chi connectivity index (χ0) is 27.9. The second kappa shape index (κ2) is 12.0. The molecule has 0 atom stereocenters. The lowest BCUT2D eigenvalue weighted by molar-refractivity contribution is -0.139. The van der Waals surface area contributed by atoms with Crippen LogP contribution in [0.3, 0.4) is 0 Å². The minimum Gasteiger partial charge on any atom is -0.486 e. The quantitative estimate of drug-likeness (QED) is 0.216. The van der Waals surface area contributed by atoms with E-state index in [0.717, 1.165) is 22.8 Å². The molecule has 0 bridgehead atoms. The van der Waals surface area contributed by atoms with E-state index >= 15 is 0 Å². The number of rotatable bonds is 11. The lowest BCUT2D eigenvalue weighted by Crippen LogP contribution is -2.17. The molecule has 0 aliphatic heterocycles. The number of benzene rings is 2. The fraction of sp³-hybridized carbons (Fsp3) is 0.207. The molecule has 2 aromatic heterocycles. The number of hydrogen-bond acceptors (Lipinski definition) is 7. The number of furan rings is 1. The third-order valence-corrected chi connectivity index (χ3v) is 5.87. The third kappa shape index (κ3) is 6.86. The molecule has 10 nitrogen and oxygen atoms in total. The van der Waals surface area contributed by atoms with Crippen molar-refractivity contribution >= 4 is 23.8 Å². The summed E-state index contributed by atoms with van der Waals surface area (Å²) in [6, 6.07) is 20.3. The van der Waals surface area contributed by atoms with Gasteiger partial charge in [0.25, 0.3) is 0 Å².